The normalized spacial score (nSPS) is 19.0. The lowest BCUT2D eigenvalue weighted by Gasteiger charge is -2.42. The average Bonchev–Trinajstić information content (AvgIpc) is 2.90. The van der Waals surface area contributed by atoms with Gasteiger partial charge in [-0.1, -0.05) is 63.8 Å². The molecule has 4 bridgehead atoms. The molecule has 0 aliphatic carbocycles. The summed E-state index contributed by atoms with van der Waals surface area (Å²) in [6.07, 6.45) is 3.54. The molecule has 0 radical (unpaired) electrons. The highest BCUT2D eigenvalue weighted by molar-refractivity contribution is 7.92. The summed E-state index contributed by atoms with van der Waals surface area (Å²) in [6, 6.07) is 13.1. The Labute approximate surface area is 256 Å². The van der Waals surface area contributed by atoms with Gasteiger partial charge in [-0.2, -0.15) is 4.98 Å². The van der Waals surface area contributed by atoms with Gasteiger partial charge in [0, 0.05) is 23.2 Å². The summed E-state index contributed by atoms with van der Waals surface area (Å²) in [5, 5.41) is 0. The van der Waals surface area contributed by atoms with Crippen molar-refractivity contribution in [3.05, 3.63) is 89.5 Å². The van der Waals surface area contributed by atoms with Gasteiger partial charge in [0.1, 0.15) is 6.10 Å². The number of carbonyl (C=O) groups excluding carboxylic acids is 1. The van der Waals surface area contributed by atoms with Crippen molar-refractivity contribution in [2.45, 2.75) is 84.9 Å². The lowest BCUT2D eigenvalue weighted by molar-refractivity contribution is 0.0286. The van der Waals surface area contributed by atoms with E-state index in [1.165, 1.54) is 12.1 Å². The first kappa shape index (κ1) is 31.9. The van der Waals surface area contributed by atoms with E-state index in [0.29, 0.717) is 12.1 Å². The fraction of sp³-hybridized carbons (Fsp3) is 0.382. The smallest absolute Gasteiger partial charge is 0.264 e. The van der Waals surface area contributed by atoms with Crippen molar-refractivity contribution in [1.29, 1.82) is 0 Å². The predicted octanol–water partition coefficient (Wildman–Crippen LogP) is 7.11. The average molecular weight is 603 g/mol. The fourth-order valence-corrected chi connectivity index (χ4v) is 6.62. The summed E-state index contributed by atoms with van der Waals surface area (Å²) in [5.41, 5.74) is 4.27. The van der Waals surface area contributed by atoms with Gasteiger partial charge in [0.25, 0.3) is 15.9 Å². The summed E-state index contributed by atoms with van der Waals surface area (Å²) >= 11 is 0. The number of rotatable bonds is 5. The molecule has 228 valence electrons. The molecule has 2 heterocycles. The quantitative estimate of drug-likeness (QED) is 0.312. The van der Waals surface area contributed by atoms with Crippen molar-refractivity contribution in [1.82, 2.24) is 14.9 Å². The van der Waals surface area contributed by atoms with Crippen molar-refractivity contribution >= 4 is 21.9 Å². The fourth-order valence-electron chi connectivity index (χ4n) is 5.63. The zero-order valence-corrected chi connectivity index (χ0v) is 27.1. The number of hydrogen-bond donors (Lipinski definition) is 1. The van der Waals surface area contributed by atoms with Crippen molar-refractivity contribution in [3.63, 3.8) is 0 Å². The zero-order chi connectivity index (χ0) is 31.7. The largest absolute Gasteiger partial charge is 0.467 e. The van der Waals surface area contributed by atoms with Gasteiger partial charge >= 0.3 is 0 Å². The van der Waals surface area contributed by atoms with E-state index in [0.717, 1.165) is 22.3 Å². The van der Waals surface area contributed by atoms with Crippen LogP contribution in [0, 0.1) is 19.3 Å². The molecule has 43 heavy (non-hydrogen) atoms. The van der Waals surface area contributed by atoms with E-state index in [1.54, 1.807) is 24.3 Å². The Morgan fingerprint density at radius 1 is 1.09 bits per heavy atom. The molecule has 1 aliphatic rings. The number of carbonyl (C=O) groups is 1. The lowest BCUT2D eigenvalue weighted by atomic mass is 9.83. The SMILES string of the molecule is C=C/C=C(\C)[C@H]1Oc2cc(-c3c(C)cccc3C)nc(n2)NS(=O)(=O)c2cccc(c2)C(=O)N(C(C)C)[C@@H]1CC(C)(C)C. The number of nitrogens with one attached hydrogen (secondary N) is 1. The molecule has 0 spiro atoms. The van der Waals surface area contributed by atoms with Crippen LogP contribution in [0.25, 0.3) is 11.3 Å². The first-order chi connectivity index (χ1) is 20.1. The van der Waals surface area contributed by atoms with Crippen LogP contribution in [0.4, 0.5) is 5.95 Å². The van der Waals surface area contributed by atoms with E-state index < -0.39 is 22.2 Å². The van der Waals surface area contributed by atoms with Crippen LogP contribution in [0.1, 0.15) is 69.4 Å². The predicted molar refractivity (Wildman–Crippen MR) is 172 cm³/mol. The maximum atomic E-state index is 14.3. The molecule has 0 saturated carbocycles. The van der Waals surface area contributed by atoms with Crippen LogP contribution >= 0.6 is 0 Å². The van der Waals surface area contributed by atoms with Crippen LogP contribution in [0.5, 0.6) is 5.88 Å². The second kappa shape index (κ2) is 12.3. The minimum absolute atomic E-state index is 0.0588. The molecule has 1 amide bonds. The topological polar surface area (TPSA) is 101 Å². The minimum atomic E-state index is -4.15. The molecule has 0 saturated heterocycles. The number of benzene rings is 2. The maximum absolute atomic E-state index is 14.3. The maximum Gasteiger partial charge on any atom is 0.264 e. The van der Waals surface area contributed by atoms with Gasteiger partial charge in [-0.05, 0) is 81.4 Å². The Bertz CT molecular complexity index is 1650. The molecular formula is C34H42N4O4S. The van der Waals surface area contributed by atoms with Gasteiger partial charge in [0.15, 0.2) is 0 Å². The Hall–Kier alpha value is -3.98. The summed E-state index contributed by atoms with van der Waals surface area (Å²) in [6.45, 7) is 20.1. The van der Waals surface area contributed by atoms with Crippen LogP contribution in [0.3, 0.4) is 0 Å². The highest BCUT2D eigenvalue weighted by atomic mass is 32.2. The van der Waals surface area contributed by atoms with Gasteiger partial charge < -0.3 is 9.64 Å². The van der Waals surface area contributed by atoms with Gasteiger partial charge in [-0.15, -0.1) is 0 Å². The number of ether oxygens (including phenoxy) is 1. The number of sulfonamides is 1. The highest BCUT2D eigenvalue weighted by Crippen LogP contribution is 2.35. The van der Waals surface area contributed by atoms with E-state index in [9.17, 15) is 13.2 Å². The van der Waals surface area contributed by atoms with Crippen LogP contribution in [0.15, 0.2) is 77.7 Å². The molecule has 0 fully saturated rings. The molecule has 3 aromatic rings. The number of nitrogens with zero attached hydrogens (tertiary/aromatic N) is 3. The highest BCUT2D eigenvalue weighted by Gasteiger charge is 2.39. The summed E-state index contributed by atoms with van der Waals surface area (Å²) in [5.74, 6) is -0.217. The first-order valence-electron chi connectivity index (χ1n) is 14.5. The van der Waals surface area contributed by atoms with Gasteiger partial charge in [-0.3, -0.25) is 4.79 Å². The summed E-state index contributed by atoms with van der Waals surface area (Å²) in [4.78, 5) is 25.2. The van der Waals surface area contributed by atoms with Gasteiger partial charge in [-0.25, -0.2) is 18.1 Å². The monoisotopic (exact) mass is 602 g/mol. The molecule has 0 unspecified atom stereocenters. The number of anilines is 1. The minimum Gasteiger partial charge on any atom is -0.467 e. The summed E-state index contributed by atoms with van der Waals surface area (Å²) < 4.78 is 36.5. The van der Waals surface area contributed by atoms with Crippen molar-refractivity contribution in [3.8, 4) is 17.1 Å². The number of hydrogen-bond acceptors (Lipinski definition) is 6. The lowest BCUT2D eigenvalue weighted by Crippen LogP contribution is -2.54. The molecule has 9 heteroatoms. The third-order valence-corrected chi connectivity index (χ3v) is 8.78. The molecule has 1 N–H and O–H groups in total. The van der Waals surface area contributed by atoms with E-state index in [-0.39, 0.29) is 39.7 Å². The molecule has 4 rings (SSSR count). The molecule has 2 atom stereocenters. The zero-order valence-electron chi connectivity index (χ0n) is 26.3. The Morgan fingerprint density at radius 3 is 2.35 bits per heavy atom. The van der Waals surface area contributed by atoms with Crippen LogP contribution < -0.4 is 9.46 Å². The van der Waals surface area contributed by atoms with Crippen LogP contribution in [-0.4, -0.2) is 47.4 Å². The van der Waals surface area contributed by atoms with Crippen molar-refractivity contribution in [2.24, 2.45) is 5.41 Å². The van der Waals surface area contributed by atoms with Gasteiger partial charge in [0.2, 0.25) is 11.8 Å². The second-order valence-electron chi connectivity index (χ2n) is 12.6. The Morgan fingerprint density at radius 2 is 1.74 bits per heavy atom. The third-order valence-electron chi connectivity index (χ3n) is 7.45. The van der Waals surface area contributed by atoms with E-state index in [4.69, 9.17) is 4.74 Å². The molecule has 8 nitrogen and oxygen atoms in total. The number of aryl methyl sites for hydroxylation is 2. The van der Waals surface area contributed by atoms with Crippen LogP contribution in [-0.2, 0) is 10.0 Å². The van der Waals surface area contributed by atoms with Gasteiger partial charge in [0.05, 0.1) is 16.6 Å². The molecule has 1 aliphatic heterocycles. The number of aromatic nitrogens is 2. The third kappa shape index (κ3) is 7.16. The van der Waals surface area contributed by atoms with E-state index >= 15 is 0 Å². The molecular weight excluding hydrogens is 560 g/mol. The number of fused-ring (bicyclic) bond motifs is 4. The Balaban J connectivity index is 2.07. The van der Waals surface area contributed by atoms with Crippen molar-refractivity contribution in [2.75, 3.05) is 4.72 Å². The van der Waals surface area contributed by atoms with Crippen LogP contribution in [0.2, 0.25) is 0 Å². The Kier molecular flexibility index (Phi) is 9.16. The van der Waals surface area contributed by atoms with E-state index in [1.807, 2.05) is 63.8 Å². The number of allylic oxidation sites excluding steroid dienone is 2. The first-order valence-corrected chi connectivity index (χ1v) is 16.0. The second-order valence-corrected chi connectivity index (χ2v) is 14.3. The summed E-state index contributed by atoms with van der Waals surface area (Å²) in [7, 11) is -4.15. The number of amides is 1. The standard InChI is InChI=1S/C34H42N4O4S/c1-10-13-24(6)31-28(20-34(7,8)9)38(21(2)3)32(39)25-16-12-17-26(18-25)43(40,41)37-33-35-27(19-29(36-33)42-31)30-22(4)14-11-15-23(30)5/h10-19,21,28,31H,1,20H2,2-9H3,(H,35,36,37)/b24-13+/t28-,31-/m1/s1. The van der Waals surface area contributed by atoms with Crippen molar-refractivity contribution < 1.29 is 17.9 Å². The molecule has 2 aromatic carbocycles. The molecule has 1 aromatic heterocycles. The van der Waals surface area contributed by atoms with E-state index in [2.05, 4.69) is 42.0 Å².